The molecule has 17 rings (SSSR count). The number of fused-ring (bicyclic) bond motifs is 4. The van der Waals surface area contributed by atoms with E-state index in [1.807, 2.05) is 73.9 Å². The second-order valence-corrected chi connectivity index (χ2v) is 32.0. The van der Waals surface area contributed by atoms with Crippen molar-refractivity contribution in [2.24, 2.45) is 5.92 Å². The number of benzene rings is 4. The number of rotatable bonds is 33. The van der Waals surface area contributed by atoms with Crippen LogP contribution in [-0.4, -0.2) is 190 Å². The van der Waals surface area contributed by atoms with Crippen LogP contribution in [0.3, 0.4) is 0 Å². The molecule has 0 spiro atoms. The summed E-state index contributed by atoms with van der Waals surface area (Å²) in [5, 5.41) is 14.1. The normalized spacial score (nSPS) is 14.9. The highest BCUT2D eigenvalue weighted by Crippen LogP contribution is 2.31. The number of H-pyrrole nitrogens is 3. The number of aromatic nitrogens is 17. The van der Waals surface area contributed by atoms with Crippen molar-refractivity contribution in [3.05, 3.63) is 203 Å². The molecule has 0 radical (unpaired) electrons. The maximum atomic E-state index is 12.6. The quantitative estimate of drug-likeness (QED) is 0.0173. The van der Waals surface area contributed by atoms with Crippen molar-refractivity contribution in [3.63, 3.8) is 0 Å². The van der Waals surface area contributed by atoms with Gasteiger partial charge in [0.05, 0.1) is 58.2 Å². The lowest BCUT2D eigenvalue weighted by atomic mass is 9.85. The van der Waals surface area contributed by atoms with Crippen molar-refractivity contribution in [1.29, 1.82) is 0 Å². The third-order valence-corrected chi connectivity index (χ3v) is 22.5. The van der Waals surface area contributed by atoms with Gasteiger partial charge in [0.25, 0.3) is 0 Å². The Morgan fingerprint density at radius 1 is 0.443 bits per heavy atom. The number of piperidine rings is 1. The van der Waals surface area contributed by atoms with E-state index in [1.54, 1.807) is 18.8 Å². The van der Waals surface area contributed by atoms with E-state index in [2.05, 4.69) is 146 Å². The minimum absolute atomic E-state index is 0.100. The Bertz CT molecular complexity index is 5790. The lowest BCUT2D eigenvalue weighted by molar-refractivity contribution is 0.00467. The van der Waals surface area contributed by atoms with Crippen LogP contribution in [0.1, 0.15) is 154 Å². The predicted molar refractivity (Wildman–Crippen MR) is 469 cm³/mol. The van der Waals surface area contributed by atoms with Crippen LogP contribution in [0.4, 0.5) is 23.3 Å². The Labute approximate surface area is 706 Å². The van der Waals surface area contributed by atoms with Crippen molar-refractivity contribution < 1.29 is 33.5 Å². The fourth-order valence-corrected chi connectivity index (χ4v) is 15.8. The number of nitrogens with zero attached hydrogens (tertiary/aromatic N) is 16. The fraction of sp³-hybridized carbons (Fsp3) is 0.455. The maximum absolute atomic E-state index is 12.6. The van der Waals surface area contributed by atoms with Crippen molar-refractivity contribution in [2.45, 2.75) is 168 Å². The minimum Gasteiger partial charge on any atom is -0.463 e. The summed E-state index contributed by atoms with van der Waals surface area (Å²) >= 11 is 0. The highest BCUT2D eigenvalue weighted by Gasteiger charge is 2.29. The Morgan fingerprint density at radius 3 is 1.29 bits per heavy atom. The number of aryl methyl sites for hydroxylation is 1. The zero-order valence-electron chi connectivity index (χ0n) is 70.3. The molecule has 9 aromatic heterocycles. The second-order valence-electron chi connectivity index (χ2n) is 32.0. The average molecular weight is 1670 g/mol. The summed E-state index contributed by atoms with van der Waals surface area (Å²) in [5.41, 5.74) is 35.7. The van der Waals surface area contributed by atoms with Crippen LogP contribution >= 0.6 is 0 Å². The Hall–Kier alpha value is -12.1. The van der Waals surface area contributed by atoms with Crippen molar-refractivity contribution >= 4 is 67.9 Å². The van der Waals surface area contributed by atoms with E-state index in [0.717, 1.165) is 111 Å². The van der Waals surface area contributed by atoms with E-state index in [0.29, 0.717) is 122 Å². The molecule has 2 saturated heterocycles. The summed E-state index contributed by atoms with van der Waals surface area (Å²) in [6.45, 7) is 17.1. The number of nitrogen functional groups attached to an aromatic ring is 4. The smallest absolute Gasteiger partial charge is 0.328 e. The van der Waals surface area contributed by atoms with Crippen LogP contribution in [0, 0.1) is 12.8 Å². The van der Waals surface area contributed by atoms with Crippen LogP contribution in [0.5, 0.6) is 24.0 Å². The molecule has 0 unspecified atom stereocenters. The SMILES string of the molecule is CCCCOc1nc(N)c2[nH]c(=O)n(Cc3cccc(CN4CCCCC4)c3)c2n1.COCCOc1nc(N)c2[nH]c(=O)n(Cc3cccc(CNCC4(O)CCCCC4)c3)c2n1.COCCOc1nc(N)c2[nH]c(=O)n(Cc3cccc(Cn4cccc4)c3)c2n1.Cc1nc2c(N)nc(OCC3CCC3)nc2n1Cc1cccc(CN2CCCC2)c1. The molecule has 122 heavy (non-hydrogen) atoms. The number of likely N-dealkylation sites (tertiary alicyclic amines) is 2. The van der Waals surface area contributed by atoms with Gasteiger partial charge in [-0.1, -0.05) is 143 Å². The fourth-order valence-electron chi connectivity index (χ4n) is 15.8. The molecule has 34 nitrogen and oxygen atoms in total. The molecule has 2 saturated carbocycles. The van der Waals surface area contributed by atoms with Crippen LogP contribution in [-0.2, 0) is 61.8 Å². The van der Waals surface area contributed by atoms with Crippen LogP contribution < -0.4 is 64.3 Å². The molecule has 0 atom stereocenters. The molecule has 2 aliphatic carbocycles. The topological polar surface area (TPSA) is 437 Å². The molecular formula is C88H114N24O10. The van der Waals surface area contributed by atoms with Crippen LogP contribution in [0.15, 0.2) is 136 Å². The number of ether oxygens (including phenoxy) is 6. The van der Waals surface area contributed by atoms with Crippen molar-refractivity contribution in [1.82, 2.24) is 97.8 Å². The monoisotopic (exact) mass is 1670 g/mol. The molecule has 4 aliphatic rings. The lowest BCUT2D eigenvalue weighted by Crippen LogP contribution is -2.41. The third-order valence-electron chi connectivity index (χ3n) is 22.5. The van der Waals surface area contributed by atoms with Gasteiger partial charge in [0.15, 0.2) is 51.4 Å². The third kappa shape index (κ3) is 22.7. The number of anilines is 4. The van der Waals surface area contributed by atoms with E-state index >= 15 is 0 Å². The number of methoxy groups -OCH3 is 2. The molecule has 2 aliphatic heterocycles. The van der Waals surface area contributed by atoms with Gasteiger partial charge in [0, 0.05) is 59.3 Å². The lowest BCUT2D eigenvalue weighted by Gasteiger charge is -2.32. The number of imidazole rings is 4. The molecule has 34 heteroatoms. The molecule has 0 amide bonds. The average Bonchev–Trinajstić information content (AvgIpc) is 1.64. The van der Waals surface area contributed by atoms with Gasteiger partial charge in [-0.2, -0.15) is 39.9 Å². The number of aliphatic hydroxyl groups is 1. The highest BCUT2D eigenvalue weighted by molar-refractivity contribution is 5.84. The molecule has 0 bridgehead atoms. The first-order valence-corrected chi connectivity index (χ1v) is 42.5. The zero-order valence-corrected chi connectivity index (χ0v) is 70.3. The standard InChI is InChI=1S/C23H32N6O4.C23H30N6O.C22H30N6O2.C20H22N6O3/c1-32-10-11-33-21-27-19(24)18-20(28-21)29(22(30)26-18)14-17-7-5-6-16(12-17)13-25-15-23(31)8-3-2-4-9-23;1-16-25-20-21(24)26-23(30-15-17-6-4-7-17)27-22(20)29(16)14-19-9-5-8-18(12-19)13-28-10-2-3-11-28;1-2-3-12-30-21-25-19(23)18-20(26-21)28(22(29)24-18)15-17-9-7-8-16(13-17)14-27-10-5-4-6-11-27;1-28-9-10-29-19-23-17(21)16-18(24-19)26(20(27)22-16)13-15-6-4-5-14(11-15)12-25-7-2-3-8-25/h5-7,12,25,31H,2-4,8-11,13-15H2,1H3,(H,26,30)(H2,24,27,28);5,8-9,12,17H,2-4,6-7,10-11,13-15H2,1H3,(H2,24,26,27);7-9,13H,2-6,10-12,14-15H2,1H3,(H,24,29)(H2,23,25,26);2-8,11H,9-10,12-13H2,1H3,(H,22,27)(H2,21,23,24). The summed E-state index contributed by atoms with van der Waals surface area (Å²) in [5.74, 6) is 2.43. The highest BCUT2D eigenvalue weighted by atomic mass is 16.5. The van der Waals surface area contributed by atoms with Gasteiger partial charge in [-0.25, -0.2) is 19.4 Å². The van der Waals surface area contributed by atoms with E-state index < -0.39 is 5.60 Å². The number of nitrogens with two attached hydrogens (primary N) is 4. The summed E-state index contributed by atoms with van der Waals surface area (Å²) in [4.78, 5) is 90.2. The van der Waals surface area contributed by atoms with E-state index in [-0.39, 0.29) is 65.8 Å². The Balaban J connectivity index is 0.000000133. The molecule has 13 N–H and O–H groups in total. The minimum atomic E-state index is -0.601. The first-order chi connectivity index (χ1) is 59.4. The van der Waals surface area contributed by atoms with Gasteiger partial charge in [-0.05, 0) is 153 Å². The summed E-state index contributed by atoms with van der Waals surface area (Å²) < 4.78 is 41.2. The molecule has 4 fully saturated rings. The van der Waals surface area contributed by atoms with Crippen molar-refractivity contribution in [3.8, 4) is 24.0 Å². The number of nitrogens with one attached hydrogen (secondary N) is 4. The molecular weight excluding hydrogens is 1550 g/mol. The zero-order chi connectivity index (χ0) is 84.9. The number of unbranched alkanes of at least 4 members (excludes halogenated alkanes) is 1. The van der Waals surface area contributed by atoms with Gasteiger partial charge in [0.1, 0.15) is 35.6 Å². The number of hydrogen-bond acceptors (Lipinski definition) is 26. The molecule has 13 aromatic rings. The van der Waals surface area contributed by atoms with Crippen molar-refractivity contribution in [2.75, 3.05) is 110 Å². The summed E-state index contributed by atoms with van der Waals surface area (Å²) in [6, 6.07) is 38.1. The van der Waals surface area contributed by atoms with Gasteiger partial charge < -0.3 is 85.9 Å². The predicted octanol–water partition coefficient (Wildman–Crippen LogP) is 9.64. The first-order valence-electron chi connectivity index (χ1n) is 42.5. The van der Waals surface area contributed by atoms with E-state index in [4.69, 9.17) is 51.4 Å². The molecule has 11 heterocycles. The number of hydrogen-bond donors (Lipinski definition) is 9. The van der Waals surface area contributed by atoms with Gasteiger partial charge in [0.2, 0.25) is 0 Å². The molecule has 4 aromatic carbocycles. The Morgan fingerprint density at radius 2 is 0.836 bits per heavy atom. The van der Waals surface area contributed by atoms with Gasteiger partial charge >= 0.3 is 41.1 Å². The largest absolute Gasteiger partial charge is 0.463 e. The molecule has 646 valence electrons. The Kier molecular flexibility index (Phi) is 29.3. The second kappa shape index (κ2) is 41.5. The first kappa shape index (κ1) is 86.3. The maximum Gasteiger partial charge on any atom is 0.328 e. The summed E-state index contributed by atoms with van der Waals surface area (Å²) in [6.07, 6.45) is 21.3. The van der Waals surface area contributed by atoms with E-state index in [1.165, 1.54) is 96.7 Å². The van der Waals surface area contributed by atoms with Crippen LogP contribution in [0.2, 0.25) is 0 Å². The van der Waals surface area contributed by atoms with Gasteiger partial charge in [-0.3, -0.25) is 23.5 Å². The van der Waals surface area contributed by atoms with E-state index in [9.17, 15) is 19.5 Å². The summed E-state index contributed by atoms with van der Waals surface area (Å²) in [7, 11) is 3.16. The number of aromatic amines is 3. The van der Waals surface area contributed by atoms with Crippen LogP contribution in [0.25, 0.3) is 44.7 Å². The van der Waals surface area contributed by atoms with Gasteiger partial charge in [-0.15, -0.1) is 0 Å².